The molecule has 0 saturated carbocycles. The van der Waals surface area contributed by atoms with Crippen LogP contribution >= 0.6 is 0 Å². The van der Waals surface area contributed by atoms with Gasteiger partial charge in [0.25, 0.3) is 0 Å². The molecule has 0 aliphatic carbocycles. The number of unbranched alkanes of at least 4 members (excludes halogenated alkanes) is 29. The fraction of sp³-hybridized carbons (Fsp3) is 0.843. The summed E-state index contributed by atoms with van der Waals surface area (Å²) >= 11 is 0. The number of aliphatic hydroxyl groups excluding tert-OH is 11. The molecule has 89 heavy (non-hydrogen) atoms. The summed E-state index contributed by atoms with van der Waals surface area (Å²) in [7, 11) is 0. The van der Waals surface area contributed by atoms with Crippen LogP contribution in [-0.2, 0) is 33.2 Å². The standard InChI is InChI=1S/C70H125NO18/c1-3-5-7-8-9-10-11-12-13-14-15-16-17-18-19-20-21-22-23-24-25-26-27-28-29-30-31-32-33-34-35-36-37-38-39-40-41-42-43-44-46-48-58(76)71-53(54(75)47-45-6-4-2)52-84-68-64(82)61(79)66(56(50-73)86-68)89-70-65(83)62(80)67(57(51-74)87-70)88-69-63(81)60(78)59(77)55(49-72)85-69/h5,7,9-10,12-13,15-16,45,47,53-57,59-70,72-75,77-83H,3-4,6,8,11,14,17-44,46,48-52H2,1-2H3,(H,71,76)/b7-5-,10-9-,13-12-,16-15-,47-45+. The second kappa shape index (κ2) is 51.8. The van der Waals surface area contributed by atoms with Gasteiger partial charge in [0, 0.05) is 6.42 Å². The van der Waals surface area contributed by atoms with E-state index in [2.05, 4.69) is 60.8 Å². The lowest BCUT2D eigenvalue weighted by Gasteiger charge is -2.48. The van der Waals surface area contributed by atoms with Gasteiger partial charge in [0.05, 0.1) is 38.6 Å². The Balaban J connectivity index is 1.17. The van der Waals surface area contributed by atoms with Gasteiger partial charge >= 0.3 is 0 Å². The molecule has 3 aliphatic rings. The first-order chi connectivity index (χ1) is 43.3. The van der Waals surface area contributed by atoms with E-state index in [0.717, 1.165) is 51.4 Å². The van der Waals surface area contributed by atoms with Gasteiger partial charge in [-0.25, -0.2) is 0 Å². The zero-order valence-corrected chi connectivity index (χ0v) is 54.6. The Bertz CT molecular complexity index is 1850. The number of amides is 1. The Kier molecular flexibility index (Phi) is 47.0. The van der Waals surface area contributed by atoms with E-state index in [-0.39, 0.29) is 18.9 Å². The molecule has 3 fully saturated rings. The predicted octanol–water partition coefficient (Wildman–Crippen LogP) is 9.16. The number of hydrogen-bond acceptors (Lipinski definition) is 18. The summed E-state index contributed by atoms with van der Waals surface area (Å²) < 4.78 is 34.0. The Morgan fingerprint density at radius 2 is 0.775 bits per heavy atom. The Hall–Kier alpha value is -2.51. The highest BCUT2D eigenvalue weighted by molar-refractivity contribution is 5.76. The number of nitrogens with one attached hydrogen (secondary N) is 1. The third-order valence-electron chi connectivity index (χ3n) is 17.3. The summed E-state index contributed by atoms with van der Waals surface area (Å²) in [4.78, 5) is 13.2. The van der Waals surface area contributed by atoms with E-state index >= 15 is 0 Å². The lowest BCUT2D eigenvalue weighted by atomic mass is 9.96. The molecule has 3 heterocycles. The van der Waals surface area contributed by atoms with Crippen LogP contribution in [-0.4, -0.2) is 193 Å². The Morgan fingerprint density at radius 3 is 1.19 bits per heavy atom. The smallest absolute Gasteiger partial charge is 0.220 e. The van der Waals surface area contributed by atoms with Gasteiger partial charge in [-0.05, 0) is 51.4 Å². The molecular formula is C70H125NO18. The van der Waals surface area contributed by atoms with Crippen LogP contribution in [0.5, 0.6) is 0 Å². The topological polar surface area (TPSA) is 307 Å². The molecule has 17 atom stereocenters. The largest absolute Gasteiger partial charge is 0.394 e. The van der Waals surface area contributed by atoms with E-state index in [0.29, 0.717) is 12.8 Å². The number of hydrogen-bond donors (Lipinski definition) is 12. The van der Waals surface area contributed by atoms with E-state index in [4.69, 9.17) is 28.4 Å². The molecule has 0 aromatic rings. The first kappa shape index (κ1) is 80.7. The summed E-state index contributed by atoms with van der Waals surface area (Å²) in [6.07, 6.45) is 38.3. The number of rotatable bonds is 53. The molecule has 1 amide bonds. The molecule has 19 heteroatoms. The van der Waals surface area contributed by atoms with Crippen LogP contribution in [0.1, 0.15) is 245 Å². The van der Waals surface area contributed by atoms with Crippen molar-refractivity contribution in [3.05, 3.63) is 60.8 Å². The highest BCUT2D eigenvalue weighted by Gasteiger charge is 2.53. The van der Waals surface area contributed by atoms with Crippen molar-refractivity contribution in [2.45, 2.75) is 349 Å². The molecule has 0 aromatic heterocycles. The molecule has 3 rings (SSSR count). The number of allylic oxidation sites excluding steroid dienone is 9. The number of aliphatic hydroxyl groups is 11. The second-order valence-electron chi connectivity index (χ2n) is 25.0. The van der Waals surface area contributed by atoms with Gasteiger partial charge < -0.3 is 89.9 Å². The fourth-order valence-electron chi connectivity index (χ4n) is 11.7. The first-order valence-electron chi connectivity index (χ1n) is 35.0. The van der Waals surface area contributed by atoms with Gasteiger partial charge in [0.15, 0.2) is 18.9 Å². The molecule has 0 radical (unpaired) electrons. The monoisotopic (exact) mass is 1270 g/mol. The lowest BCUT2D eigenvalue weighted by molar-refractivity contribution is -0.379. The molecule has 12 N–H and O–H groups in total. The highest BCUT2D eigenvalue weighted by atomic mass is 16.8. The fourth-order valence-corrected chi connectivity index (χ4v) is 11.7. The predicted molar refractivity (Wildman–Crippen MR) is 346 cm³/mol. The normalized spacial score (nSPS) is 28.6. The molecule has 518 valence electrons. The summed E-state index contributed by atoms with van der Waals surface area (Å²) in [5.41, 5.74) is 0. The van der Waals surface area contributed by atoms with Crippen molar-refractivity contribution in [2.24, 2.45) is 0 Å². The van der Waals surface area contributed by atoms with Crippen LogP contribution < -0.4 is 5.32 Å². The summed E-state index contributed by atoms with van der Waals surface area (Å²) in [5, 5.41) is 119. The molecular weight excluding hydrogens is 1140 g/mol. The van der Waals surface area contributed by atoms with E-state index in [9.17, 15) is 61.0 Å². The van der Waals surface area contributed by atoms with Crippen LogP contribution in [0.15, 0.2) is 60.8 Å². The molecule has 19 nitrogen and oxygen atoms in total. The van der Waals surface area contributed by atoms with Gasteiger partial charge in [0.2, 0.25) is 5.91 Å². The number of carbonyl (C=O) groups excluding carboxylic acids is 1. The molecule has 3 saturated heterocycles. The average Bonchev–Trinajstić information content (AvgIpc) is 1.74. The maximum atomic E-state index is 13.2. The first-order valence-corrected chi connectivity index (χ1v) is 35.0. The zero-order chi connectivity index (χ0) is 64.7. The van der Waals surface area contributed by atoms with Gasteiger partial charge in [0.1, 0.15) is 73.2 Å². The van der Waals surface area contributed by atoms with Gasteiger partial charge in [-0.2, -0.15) is 0 Å². The van der Waals surface area contributed by atoms with Crippen molar-refractivity contribution in [3.8, 4) is 0 Å². The van der Waals surface area contributed by atoms with Crippen LogP contribution in [0.2, 0.25) is 0 Å². The van der Waals surface area contributed by atoms with Crippen molar-refractivity contribution in [3.63, 3.8) is 0 Å². The maximum Gasteiger partial charge on any atom is 0.220 e. The Morgan fingerprint density at radius 1 is 0.416 bits per heavy atom. The van der Waals surface area contributed by atoms with Crippen LogP contribution in [0, 0.1) is 0 Å². The lowest BCUT2D eigenvalue weighted by Crippen LogP contribution is -2.66. The van der Waals surface area contributed by atoms with Gasteiger partial charge in [-0.3, -0.25) is 4.79 Å². The maximum absolute atomic E-state index is 13.2. The van der Waals surface area contributed by atoms with E-state index in [1.807, 2.05) is 6.92 Å². The van der Waals surface area contributed by atoms with Crippen LogP contribution in [0.4, 0.5) is 0 Å². The third-order valence-corrected chi connectivity index (χ3v) is 17.3. The average molecular weight is 1270 g/mol. The van der Waals surface area contributed by atoms with Crippen LogP contribution in [0.25, 0.3) is 0 Å². The molecule has 3 aliphatic heterocycles. The second-order valence-corrected chi connectivity index (χ2v) is 25.0. The summed E-state index contributed by atoms with van der Waals surface area (Å²) in [5.74, 6) is -0.285. The minimum absolute atomic E-state index is 0.243. The summed E-state index contributed by atoms with van der Waals surface area (Å²) in [6, 6.07) is -0.967. The molecule has 0 bridgehead atoms. The Labute approximate surface area is 535 Å². The van der Waals surface area contributed by atoms with E-state index in [1.165, 1.54) is 161 Å². The SMILES string of the molecule is CC/C=C\C/C=C\C/C=C\C/C=C\CCCCCCCCCCCCCCCCCCCCCCCCCCCCCCC(=O)NC(COC1OC(CO)C(OC2OC(CO)C(OC3OC(CO)C(O)C(O)C3O)C(O)C2O)C(O)C1O)C(O)/C=C/CCC. The molecule has 17 unspecified atom stereocenters. The van der Waals surface area contributed by atoms with Crippen molar-refractivity contribution in [2.75, 3.05) is 26.4 Å². The third kappa shape index (κ3) is 33.9. The molecule has 0 spiro atoms. The number of ether oxygens (including phenoxy) is 6. The van der Waals surface area contributed by atoms with Crippen LogP contribution in [0.3, 0.4) is 0 Å². The molecule has 0 aromatic carbocycles. The van der Waals surface area contributed by atoms with E-state index < -0.39 is 124 Å². The van der Waals surface area contributed by atoms with Crippen molar-refractivity contribution in [1.29, 1.82) is 0 Å². The van der Waals surface area contributed by atoms with Crippen molar-refractivity contribution < 1.29 is 89.4 Å². The van der Waals surface area contributed by atoms with Crippen molar-refractivity contribution >= 4 is 5.91 Å². The minimum atomic E-state index is -1.97. The van der Waals surface area contributed by atoms with Crippen molar-refractivity contribution in [1.82, 2.24) is 5.32 Å². The van der Waals surface area contributed by atoms with Gasteiger partial charge in [-0.1, -0.05) is 248 Å². The number of carbonyl (C=O) groups is 1. The quantitative estimate of drug-likeness (QED) is 0.0199. The minimum Gasteiger partial charge on any atom is -0.394 e. The zero-order valence-electron chi connectivity index (χ0n) is 54.6. The summed E-state index contributed by atoms with van der Waals surface area (Å²) in [6.45, 7) is 1.38. The highest BCUT2D eigenvalue weighted by Crippen LogP contribution is 2.33. The van der Waals surface area contributed by atoms with E-state index in [1.54, 1.807) is 12.2 Å². The van der Waals surface area contributed by atoms with Gasteiger partial charge in [-0.15, -0.1) is 0 Å².